The fraction of sp³-hybridized carbons (Fsp3) is 0. The summed E-state index contributed by atoms with van der Waals surface area (Å²) < 4.78 is 12.6. The molecule has 5 heteroatoms. The van der Waals surface area contributed by atoms with Gasteiger partial charge >= 0.3 is 6.03 Å². The zero-order chi connectivity index (χ0) is 9.68. The van der Waals surface area contributed by atoms with E-state index in [0.717, 1.165) is 0 Å². The first-order chi connectivity index (χ1) is 6.18. The van der Waals surface area contributed by atoms with Crippen molar-refractivity contribution < 1.29 is 9.18 Å². The number of hydrogen-bond donors (Lipinski definition) is 2. The number of amides is 2. The molecule has 0 aliphatic heterocycles. The quantitative estimate of drug-likeness (QED) is 0.515. The van der Waals surface area contributed by atoms with Gasteiger partial charge in [0.25, 0.3) is 0 Å². The summed E-state index contributed by atoms with van der Waals surface area (Å²) in [5, 5.41) is 3.47. The molecule has 2 amide bonds. The summed E-state index contributed by atoms with van der Waals surface area (Å²) in [6.07, 6.45) is 1.30. The van der Waals surface area contributed by atoms with E-state index in [9.17, 15) is 9.18 Å². The van der Waals surface area contributed by atoms with Gasteiger partial charge in [0.05, 0.1) is 6.21 Å². The first-order valence-corrected chi connectivity index (χ1v) is 3.52. The Morgan fingerprint density at radius 1 is 1.62 bits per heavy atom. The van der Waals surface area contributed by atoms with Crippen molar-refractivity contribution in [3.05, 3.63) is 35.6 Å². The fourth-order valence-corrected chi connectivity index (χ4v) is 0.757. The summed E-state index contributed by atoms with van der Waals surface area (Å²) >= 11 is 0. The molecule has 0 bridgehead atoms. The van der Waals surface area contributed by atoms with Gasteiger partial charge in [-0.3, -0.25) is 0 Å². The zero-order valence-corrected chi connectivity index (χ0v) is 6.70. The van der Waals surface area contributed by atoms with Crippen LogP contribution in [-0.2, 0) is 0 Å². The molecule has 0 atom stereocenters. The molecule has 0 radical (unpaired) electrons. The molecule has 0 aromatic heterocycles. The predicted molar refractivity (Wildman–Crippen MR) is 46.7 cm³/mol. The number of carbonyl (C=O) groups excluding carboxylic acids is 1. The van der Waals surface area contributed by atoms with Crippen LogP contribution in [0.1, 0.15) is 5.56 Å². The summed E-state index contributed by atoms with van der Waals surface area (Å²) in [5.74, 6) is -0.358. The smallest absolute Gasteiger partial charge is 0.332 e. The lowest BCUT2D eigenvalue weighted by molar-refractivity contribution is 0.249. The van der Waals surface area contributed by atoms with Crippen LogP contribution in [0.25, 0.3) is 0 Å². The van der Waals surface area contributed by atoms with Gasteiger partial charge in [0.1, 0.15) is 5.82 Å². The summed E-state index contributed by atoms with van der Waals surface area (Å²) in [5.41, 5.74) is 7.30. The van der Waals surface area contributed by atoms with E-state index in [0.29, 0.717) is 5.56 Å². The lowest BCUT2D eigenvalue weighted by Gasteiger charge is -1.93. The SMILES string of the molecule is NC(=O)N/N=C/c1cccc(F)c1. The fourth-order valence-electron chi connectivity index (χ4n) is 0.757. The van der Waals surface area contributed by atoms with E-state index in [1.165, 1.54) is 18.3 Å². The van der Waals surface area contributed by atoms with Crippen LogP contribution in [0.5, 0.6) is 0 Å². The number of carbonyl (C=O) groups is 1. The Bertz CT molecular complexity index is 338. The van der Waals surface area contributed by atoms with Gasteiger partial charge in [-0.05, 0) is 17.7 Å². The number of nitrogens with zero attached hydrogens (tertiary/aromatic N) is 1. The van der Waals surface area contributed by atoms with Crippen molar-refractivity contribution in [2.24, 2.45) is 10.8 Å². The molecule has 68 valence electrons. The van der Waals surface area contributed by atoms with Crippen molar-refractivity contribution in [3.8, 4) is 0 Å². The molecule has 0 aliphatic rings. The molecule has 0 heterocycles. The average molecular weight is 181 g/mol. The number of nitrogens with two attached hydrogens (primary N) is 1. The van der Waals surface area contributed by atoms with E-state index < -0.39 is 6.03 Å². The van der Waals surface area contributed by atoms with Crippen molar-refractivity contribution in [3.63, 3.8) is 0 Å². The monoisotopic (exact) mass is 181 g/mol. The van der Waals surface area contributed by atoms with Crippen molar-refractivity contribution in [1.82, 2.24) is 5.43 Å². The average Bonchev–Trinajstić information content (AvgIpc) is 2.03. The summed E-state index contributed by atoms with van der Waals surface area (Å²) in [6.45, 7) is 0. The van der Waals surface area contributed by atoms with Crippen LogP contribution >= 0.6 is 0 Å². The molecule has 4 nitrogen and oxygen atoms in total. The lowest BCUT2D eigenvalue weighted by atomic mass is 10.2. The Morgan fingerprint density at radius 3 is 3.00 bits per heavy atom. The molecule has 0 fully saturated rings. The lowest BCUT2D eigenvalue weighted by Crippen LogP contribution is -2.24. The van der Waals surface area contributed by atoms with Gasteiger partial charge in [-0.15, -0.1) is 0 Å². The van der Waals surface area contributed by atoms with Crippen LogP contribution in [-0.4, -0.2) is 12.2 Å². The first-order valence-electron chi connectivity index (χ1n) is 3.52. The molecule has 0 aliphatic carbocycles. The number of benzene rings is 1. The van der Waals surface area contributed by atoms with E-state index in [4.69, 9.17) is 5.73 Å². The Morgan fingerprint density at radius 2 is 2.38 bits per heavy atom. The Kier molecular flexibility index (Phi) is 2.97. The van der Waals surface area contributed by atoms with Gasteiger partial charge in [0.15, 0.2) is 0 Å². The van der Waals surface area contributed by atoms with E-state index in [1.54, 1.807) is 12.1 Å². The van der Waals surface area contributed by atoms with Crippen LogP contribution in [0.3, 0.4) is 0 Å². The molecule has 1 aromatic carbocycles. The minimum atomic E-state index is -0.757. The van der Waals surface area contributed by atoms with Gasteiger partial charge in [-0.2, -0.15) is 5.10 Å². The van der Waals surface area contributed by atoms with Crippen molar-refractivity contribution in [2.45, 2.75) is 0 Å². The Balaban J connectivity index is 2.63. The maximum atomic E-state index is 12.6. The number of rotatable bonds is 2. The molecule has 0 unspecified atom stereocenters. The van der Waals surface area contributed by atoms with Gasteiger partial charge in [-0.25, -0.2) is 14.6 Å². The van der Waals surface area contributed by atoms with E-state index in [1.807, 2.05) is 5.43 Å². The maximum Gasteiger partial charge on any atom is 0.332 e. The van der Waals surface area contributed by atoms with Gasteiger partial charge in [0, 0.05) is 0 Å². The largest absolute Gasteiger partial charge is 0.350 e. The van der Waals surface area contributed by atoms with Gasteiger partial charge < -0.3 is 5.73 Å². The third-order valence-electron chi connectivity index (χ3n) is 1.24. The molecule has 0 spiro atoms. The number of primary amides is 1. The second-order valence-electron chi connectivity index (χ2n) is 2.29. The Hall–Kier alpha value is -1.91. The third-order valence-corrected chi connectivity index (χ3v) is 1.24. The summed E-state index contributed by atoms with van der Waals surface area (Å²) in [7, 11) is 0. The summed E-state index contributed by atoms with van der Waals surface area (Å²) in [6, 6.07) is 5.04. The number of urea groups is 1. The standard InChI is InChI=1S/C8H8FN3O/c9-7-3-1-2-6(4-7)5-11-12-8(10)13/h1-5H,(H3,10,12,13)/b11-5+. The highest BCUT2D eigenvalue weighted by Gasteiger charge is 1.90. The molecule has 1 rings (SSSR count). The van der Waals surface area contributed by atoms with Crippen molar-refractivity contribution >= 4 is 12.2 Å². The van der Waals surface area contributed by atoms with Crippen LogP contribution in [0.15, 0.2) is 29.4 Å². The van der Waals surface area contributed by atoms with Crippen LogP contribution in [0.4, 0.5) is 9.18 Å². The second kappa shape index (κ2) is 4.20. The van der Waals surface area contributed by atoms with Crippen molar-refractivity contribution in [2.75, 3.05) is 0 Å². The number of halogens is 1. The second-order valence-corrected chi connectivity index (χ2v) is 2.29. The third kappa shape index (κ3) is 3.33. The minimum absolute atomic E-state index is 0.358. The molecular weight excluding hydrogens is 173 g/mol. The van der Waals surface area contributed by atoms with E-state index >= 15 is 0 Å². The highest BCUT2D eigenvalue weighted by Crippen LogP contribution is 1.99. The molecule has 0 saturated carbocycles. The normalized spacial score (nSPS) is 10.2. The van der Waals surface area contributed by atoms with E-state index in [2.05, 4.69) is 5.10 Å². The Labute approximate surface area is 74.2 Å². The van der Waals surface area contributed by atoms with Gasteiger partial charge in [-0.1, -0.05) is 12.1 Å². The zero-order valence-electron chi connectivity index (χ0n) is 6.70. The van der Waals surface area contributed by atoms with E-state index in [-0.39, 0.29) is 5.82 Å². The minimum Gasteiger partial charge on any atom is -0.350 e. The van der Waals surface area contributed by atoms with Crippen molar-refractivity contribution in [1.29, 1.82) is 0 Å². The predicted octanol–water partition coefficient (Wildman–Crippen LogP) is 0.828. The topological polar surface area (TPSA) is 67.5 Å². The van der Waals surface area contributed by atoms with Crippen LogP contribution < -0.4 is 11.2 Å². The summed E-state index contributed by atoms with van der Waals surface area (Å²) in [4.78, 5) is 10.2. The molecule has 0 saturated heterocycles. The maximum absolute atomic E-state index is 12.6. The highest BCUT2D eigenvalue weighted by molar-refractivity contribution is 5.81. The van der Waals surface area contributed by atoms with Crippen LogP contribution in [0.2, 0.25) is 0 Å². The molecule has 1 aromatic rings. The van der Waals surface area contributed by atoms with Gasteiger partial charge in [0.2, 0.25) is 0 Å². The molecule has 3 N–H and O–H groups in total. The number of hydrogen-bond acceptors (Lipinski definition) is 2. The molecule has 13 heavy (non-hydrogen) atoms. The number of nitrogens with one attached hydrogen (secondary N) is 1. The first kappa shape index (κ1) is 9.18. The highest BCUT2D eigenvalue weighted by atomic mass is 19.1. The number of hydrazone groups is 1. The van der Waals surface area contributed by atoms with Crippen LogP contribution in [0, 0.1) is 5.82 Å². The molecular formula is C8H8FN3O.